The molecule has 2 unspecified atom stereocenters. The molecule has 0 aromatic rings. The summed E-state index contributed by atoms with van der Waals surface area (Å²) >= 11 is 0. The van der Waals surface area contributed by atoms with Gasteiger partial charge in [0.2, 0.25) is 5.91 Å². The molecule has 0 aromatic carbocycles. The van der Waals surface area contributed by atoms with E-state index >= 15 is 0 Å². The minimum atomic E-state index is 0.0982. The number of hydrogen-bond donors (Lipinski definition) is 3. The standard InChI is InChI=1S/C11H20N2O2/c14-7-8-2-1-3-10(8)12-6-11(15)13-9-4-5-9/h8-10,12,14H,1-7H2,(H,13,15). The highest BCUT2D eigenvalue weighted by atomic mass is 16.3. The van der Waals surface area contributed by atoms with Gasteiger partial charge in [-0.2, -0.15) is 0 Å². The van der Waals surface area contributed by atoms with Gasteiger partial charge in [-0.1, -0.05) is 6.42 Å². The first-order chi connectivity index (χ1) is 7.29. The average Bonchev–Trinajstić information content (AvgIpc) is 2.92. The van der Waals surface area contributed by atoms with Gasteiger partial charge < -0.3 is 15.7 Å². The van der Waals surface area contributed by atoms with Crippen LogP contribution in [0.4, 0.5) is 0 Å². The molecule has 4 nitrogen and oxygen atoms in total. The number of amides is 1. The van der Waals surface area contributed by atoms with Crippen LogP contribution in [0.15, 0.2) is 0 Å². The average molecular weight is 212 g/mol. The summed E-state index contributed by atoms with van der Waals surface area (Å²) in [4.78, 5) is 11.4. The maximum absolute atomic E-state index is 11.4. The summed E-state index contributed by atoms with van der Waals surface area (Å²) in [6.45, 7) is 0.638. The largest absolute Gasteiger partial charge is 0.396 e. The van der Waals surface area contributed by atoms with Crippen molar-refractivity contribution in [1.82, 2.24) is 10.6 Å². The molecule has 15 heavy (non-hydrogen) atoms. The second-order valence-corrected chi connectivity index (χ2v) is 4.70. The summed E-state index contributed by atoms with van der Waals surface area (Å²) in [6, 6.07) is 0.775. The fourth-order valence-electron chi connectivity index (χ4n) is 2.25. The summed E-state index contributed by atoms with van der Waals surface area (Å²) in [5, 5.41) is 15.3. The van der Waals surface area contributed by atoms with Crippen LogP contribution in [0.3, 0.4) is 0 Å². The Morgan fingerprint density at radius 2 is 2.07 bits per heavy atom. The number of carbonyl (C=O) groups is 1. The number of nitrogens with one attached hydrogen (secondary N) is 2. The first-order valence-electron chi connectivity index (χ1n) is 5.93. The van der Waals surface area contributed by atoms with E-state index in [0.29, 0.717) is 24.5 Å². The predicted molar refractivity (Wildman–Crippen MR) is 57.4 cm³/mol. The van der Waals surface area contributed by atoms with Crippen LogP contribution in [0, 0.1) is 5.92 Å². The van der Waals surface area contributed by atoms with Crippen LogP contribution < -0.4 is 10.6 Å². The number of hydrogen-bond acceptors (Lipinski definition) is 3. The third-order valence-corrected chi connectivity index (χ3v) is 3.36. The zero-order valence-corrected chi connectivity index (χ0v) is 9.04. The number of aliphatic hydroxyl groups is 1. The molecule has 2 rings (SSSR count). The molecule has 2 saturated carbocycles. The number of carbonyl (C=O) groups excluding carboxylic acids is 1. The molecule has 2 aliphatic rings. The van der Waals surface area contributed by atoms with E-state index in [2.05, 4.69) is 10.6 Å². The lowest BCUT2D eigenvalue weighted by Crippen LogP contribution is -2.42. The summed E-state index contributed by atoms with van der Waals surface area (Å²) < 4.78 is 0. The lowest BCUT2D eigenvalue weighted by Gasteiger charge is -2.18. The fourth-order valence-corrected chi connectivity index (χ4v) is 2.25. The van der Waals surface area contributed by atoms with Crippen LogP contribution in [0.2, 0.25) is 0 Å². The number of aliphatic hydroxyl groups excluding tert-OH is 1. The molecule has 0 bridgehead atoms. The minimum absolute atomic E-state index is 0.0982. The fraction of sp³-hybridized carbons (Fsp3) is 0.909. The van der Waals surface area contributed by atoms with E-state index in [0.717, 1.165) is 32.1 Å². The Balaban J connectivity index is 1.65. The molecule has 2 aliphatic carbocycles. The van der Waals surface area contributed by atoms with Crippen molar-refractivity contribution in [1.29, 1.82) is 0 Å². The molecule has 2 fully saturated rings. The van der Waals surface area contributed by atoms with Gasteiger partial charge in [-0.05, 0) is 31.6 Å². The third kappa shape index (κ3) is 3.18. The monoisotopic (exact) mass is 212 g/mol. The van der Waals surface area contributed by atoms with Gasteiger partial charge in [0.15, 0.2) is 0 Å². The van der Waals surface area contributed by atoms with E-state index in [1.165, 1.54) is 0 Å². The molecule has 0 radical (unpaired) electrons. The van der Waals surface area contributed by atoms with Gasteiger partial charge in [0.1, 0.15) is 0 Å². The van der Waals surface area contributed by atoms with Gasteiger partial charge in [-0.25, -0.2) is 0 Å². The normalized spacial score (nSPS) is 30.5. The number of rotatable bonds is 5. The van der Waals surface area contributed by atoms with Crippen molar-refractivity contribution in [2.45, 2.75) is 44.2 Å². The Morgan fingerprint density at radius 3 is 2.73 bits per heavy atom. The van der Waals surface area contributed by atoms with Gasteiger partial charge >= 0.3 is 0 Å². The molecule has 86 valence electrons. The zero-order valence-electron chi connectivity index (χ0n) is 9.04. The first kappa shape index (κ1) is 10.9. The van der Waals surface area contributed by atoms with Crippen molar-refractivity contribution in [3.8, 4) is 0 Å². The van der Waals surface area contributed by atoms with Crippen molar-refractivity contribution < 1.29 is 9.90 Å². The summed E-state index contributed by atoms with van der Waals surface area (Å²) in [5.74, 6) is 0.444. The van der Waals surface area contributed by atoms with Gasteiger partial charge in [-0.15, -0.1) is 0 Å². The van der Waals surface area contributed by atoms with E-state index in [4.69, 9.17) is 5.11 Å². The van der Waals surface area contributed by atoms with Crippen molar-refractivity contribution in [2.24, 2.45) is 5.92 Å². The Morgan fingerprint density at radius 1 is 1.27 bits per heavy atom. The highest BCUT2D eigenvalue weighted by Crippen LogP contribution is 2.24. The summed E-state index contributed by atoms with van der Waals surface area (Å²) in [6.07, 6.45) is 5.59. The van der Waals surface area contributed by atoms with Crippen molar-refractivity contribution in [3.63, 3.8) is 0 Å². The molecule has 0 saturated heterocycles. The van der Waals surface area contributed by atoms with Crippen molar-refractivity contribution in [3.05, 3.63) is 0 Å². The Kier molecular flexibility index (Phi) is 3.59. The van der Waals surface area contributed by atoms with E-state index < -0.39 is 0 Å². The van der Waals surface area contributed by atoms with Crippen LogP contribution in [-0.4, -0.2) is 36.2 Å². The van der Waals surface area contributed by atoms with Gasteiger partial charge in [-0.3, -0.25) is 4.79 Å². The molecule has 1 amide bonds. The van der Waals surface area contributed by atoms with E-state index in [-0.39, 0.29) is 12.5 Å². The first-order valence-corrected chi connectivity index (χ1v) is 5.93. The smallest absolute Gasteiger partial charge is 0.234 e. The molecular formula is C11H20N2O2. The van der Waals surface area contributed by atoms with Crippen LogP contribution in [-0.2, 0) is 4.79 Å². The molecule has 3 N–H and O–H groups in total. The highest BCUT2D eigenvalue weighted by molar-refractivity contribution is 5.78. The Labute approximate surface area is 90.4 Å². The highest BCUT2D eigenvalue weighted by Gasteiger charge is 2.27. The second kappa shape index (κ2) is 4.94. The quantitative estimate of drug-likeness (QED) is 0.602. The third-order valence-electron chi connectivity index (χ3n) is 3.36. The molecule has 0 heterocycles. The SMILES string of the molecule is O=C(CNC1CCCC1CO)NC1CC1. The Hall–Kier alpha value is -0.610. The maximum atomic E-state index is 11.4. The summed E-state index contributed by atoms with van der Waals surface area (Å²) in [5.41, 5.74) is 0. The van der Waals surface area contributed by atoms with Crippen LogP contribution >= 0.6 is 0 Å². The Bertz CT molecular complexity index is 229. The molecule has 2 atom stereocenters. The minimum Gasteiger partial charge on any atom is -0.396 e. The predicted octanol–water partition coefficient (Wildman–Crippen LogP) is 0.0156. The molecule has 0 aliphatic heterocycles. The van der Waals surface area contributed by atoms with Crippen LogP contribution in [0.5, 0.6) is 0 Å². The van der Waals surface area contributed by atoms with Gasteiger partial charge in [0.05, 0.1) is 6.54 Å². The lowest BCUT2D eigenvalue weighted by molar-refractivity contribution is -0.120. The van der Waals surface area contributed by atoms with E-state index in [9.17, 15) is 4.79 Å². The van der Waals surface area contributed by atoms with Gasteiger partial charge in [0.25, 0.3) is 0 Å². The summed E-state index contributed by atoms with van der Waals surface area (Å²) in [7, 11) is 0. The van der Waals surface area contributed by atoms with Crippen LogP contribution in [0.25, 0.3) is 0 Å². The van der Waals surface area contributed by atoms with Crippen molar-refractivity contribution in [2.75, 3.05) is 13.2 Å². The second-order valence-electron chi connectivity index (χ2n) is 4.70. The van der Waals surface area contributed by atoms with Crippen LogP contribution in [0.1, 0.15) is 32.1 Å². The van der Waals surface area contributed by atoms with E-state index in [1.54, 1.807) is 0 Å². The van der Waals surface area contributed by atoms with Gasteiger partial charge in [0, 0.05) is 18.7 Å². The maximum Gasteiger partial charge on any atom is 0.234 e. The van der Waals surface area contributed by atoms with E-state index in [1.807, 2.05) is 0 Å². The molecule has 0 aromatic heterocycles. The van der Waals surface area contributed by atoms with Crippen molar-refractivity contribution >= 4 is 5.91 Å². The zero-order chi connectivity index (χ0) is 10.7. The molecule has 0 spiro atoms. The lowest BCUT2D eigenvalue weighted by atomic mass is 10.1. The topological polar surface area (TPSA) is 61.4 Å². The molecule has 4 heteroatoms. The molecular weight excluding hydrogens is 192 g/mol.